The standard InChI is InChI=1S/C9H7ClN2O2S/c10-7-4-12(9(14)11-8(7)13)3-6-1-2-15-5-6/h1-2,4-5H,3H2,(H,11,13,14). The van der Waals surface area contributed by atoms with Crippen LogP contribution in [-0.4, -0.2) is 9.55 Å². The number of aromatic amines is 1. The fourth-order valence-electron chi connectivity index (χ4n) is 1.18. The summed E-state index contributed by atoms with van der Waals surface area (Å²) in [6.45, 7) is 0.416. The van der Waals surface area contributed by atoms with Gasteiger partial charge < -0.3 is 0 Å². The summed E-state index contributed by atoms with van der Waals surface area (Å²) >= 11 is 7.18. The topological polar surface area (TPSA) is 54.9 Å². The maximum Gasteiger partial charge on any atom is 0.328 e. The van der Waals surface area contributed by atoms with Crippen molar-refractivity contribution in [1.82, 2.24) is 9.55 Å². The van der Waals surface area contributed by atoms with Gasteiger partial charge in [-0.15, -0.1) is 0 Å². The van der Waals surface area contributed by atoms with Crippen molar-refractivity contribution in [1.29, 1.82) is 0 Å². The molecule has 0 radical (unpaired) electrons. The molecule has 0 aromatic carbocycles. The number of halogens is 1. The third-order valence-electron chi connectivity index (χ3n) is 1.90. The SMILES string of the molecule is O=c1[nH]c(=O)n(Cc2ccsc2)cc1Cl. The van der Waals surface area contributed by atoms with E-state index < -0.39 is 11.2 Å². The molecule has 0 fully saturated rings. The lowest BCUT2D eigenvalue weighted by Crippen LogP contribution is -2.29. The molecule has 2 aromatic heterocycles. The number of hydrogen-bond acceptors (Lipinski definition) is 3. The summed E-state index contributed by atoms with van der Waals surface area (Å²) in [5.41, 5.74) is 0.00375. The summed E-state index contributed by atoms with van der Waals surface area (Å²) in [4.78, 5) is 24.5. The van der Waals surface area contributed by atoms with Crippen LogP contribution in [-0.2, 0) is 6.54 Å². The van der Waals surface area contributed by atoms with Gasteiger partial charge in [-0.25, -0.2) is 4.79 Å². The first kappa shape index (κ1) is 10.2. The van der Waals surface area contributed by atoms with Gasteiger partial charge in [0.05, 0.1) is 6.54 Å². The molecule has 0 unspecified atom stereocenters. The molecule has 0 spiro atoms. The highest BCUT2D eigenvalue weighted by Crippen LogP contribution is 2.07. The Labute approximate surface area is 93.8 Å². The smallest absolute Gasteiger partial charge is 0.295 e. The van der Waals surface area contributed by atoms with Crippen LogP contribution in [0.3, 0.4) is 0 Å². The maximum absolute atomic E-state index is 11.4. The average molecular weight is 243 g/mol. The van der Waals surface area contributed by atoms with Gasteiger partial charge in [0, 0.05) is 6.20 Å². The molecule has 0 saturated heterocycles. The van der Waals surface area contributed by atoms with Gasteiger partial charge in [-0.2, -0.15) is 11.3 Å². The molecule has 0 atom stereocenters. The zero-order chi connectivity index (χ0) is 10.8. The van der Waals surface area contributed by atoms with E-state index >= 15 is 0 Å². The molecule has 1 N–H and O–H groups in total. The van der Waals surface area contributed by atoms with Crippen molar-refractivity contribution < 1.29 is 0 Å². The minimum absolute atomic E-state index is 0.0184. The molecule has 0 aliphatic heterocycles. The molecule has 0 saturated carbocycles. The highest BCUT2D eigenvalue weighted by Gasteiger charge is 2.02. The second-order valence-corrected chi connectivity index (χ2v) is 4.18. The van der Waals surface area contributed by atoms with Gasteiger partial charge in [0.1, 0.15) is 5.02 Å². The Hall–Kier alpha value is -1.33. The van der Waals surface area contributed by atoms with E-state index in [1.165, 1.54) is 10.8 Å². The quantitative estimate of drug-likeness (QED) is 0.863. The minimum Gasteiger partial charge on any atom is -0.295 e. The number of thiophene rings is 1. The Bertz CT molecular complexity index is 571. The summed E-state index contributed by atoms with van der Waals surface area (Å²) in [7, 11) is 0. The molecule has 0 aliphatic carbocycles. The predicted molar refractivity (Wildman–Crippen MR) is 59.8 cm³/mol. The molecule has 2 rings (SSSR count). The van der Waals surface area contributed by atoms with Crippen molar-refractivity contribution >= 4 is 22.9 Å². The number of aromatic nitrogens is 2. The van der Waals surface area contributed by atoms with Crippen LogP contribution < -0.4 is 11.2 Å². The zero-order valence-corrected chi connectivity index (χ0v) is 9.14. The monoisotopic (exact) mass is 242 g/mol. The van der Waals surface area contributed by atoms with Crippen molar-refractivity contribution in [2.24, 2.45) is 0 Å². The number of nitrogens with zero attached hydrogens (tertiary/aromatic N) is 1. The van der Waals surface area contributed by atoms with Gasteiger partial charge in [0.25, 0.3) is 5.56 Å². The van der Waals surface area contributed by atoms with Crippen molar-refractivity contribution in [3.63, 3.8) is 0 Å². The lowest BCUT2D eigenvalue weighted by Gasteiger charge is -2.02. The third-order valence-corrected chi connectivity index (χ3v) is 2.90. The van der Waals surface area contributed by atoms with Gasteiger partial charge >= 0.3 is 5.69 Å². The van der Waals surface area contributed by atoms with Crippen LogP contribution in [0.4, 0.5) is 0 Å². The van der Waals surface area contributed by atoms with E-state index in [-0.39, 0.29) is 5.02 Å². The van der Waals surface area contributed by atoms with Gasteiger partial charge in [0.2, 0.25) is 0 Å². The molecule has 0 aliphatic rings. The van der Waals surface area contributed by atoms with Gasteiger partial charge in [-0.05, 0) is 22.4 Å². The zero-order valence-electron chi connectivity index (χ0n) is 7.57. The number of nitrogens with one attached hydrogen (secondary N) is 1. The molecule has 2 heterocycles. The Balaban J connectivity index is 2.42. The molecule has 0 amide bonds. The maximum atomic E-state index is 11.4. The third kappa shape index (κ3) is 2.19. The second kappa shape index (κ2) is 4.04. The second-order valence-electron chi connectivity index (χ2n) is 3.00. The molecule has 15 heavy (non-hydrogen) atoms. The van der Waals surface area contributed by atoms with Crippen molar-refractivity contribution in [3.8, 4) is 0 Å². The summed E-state index contributed by atoms with van der Waals surface area (Å²) < 4.78 is 1.37. The fourth-order valence-corrected chi connectivity index (χ4v) is 2.00. The Kier molecular flexibility index (Phi) is 2.75. The van der Waals surface area contributed by atoms with Crippen molar-refractivity contribution in [2.75, 3.05) is 0 Å². The molecule has 4 nitrogen and oxygen atoms in total. The molecule has 78 valence electrons. The minimum atomic E-state index is -0.553. The van der Waals surface area contributed by atoms with E-state index in [9.17, 15) is 9.59 Å². The summed E-state index contributed by atoms with van der Waals surface area (Å²) in [6, 6.07) is 1.91. The van der Waals surface area contributed by atoms with E-state index in [0.717, 1.165) is 5.56 Å². The van der Waals surface area contributed by atoms with Crippen LogP contribution in [0, 0.1) is 0 Å². The normalized spacial score (nSPS) is 10.5. The molecule has 0 bridgehead atoms. The fraction of sp³-hybridized carbons (Fsp3) is 0.111. The van der Waals surface area contributed by atoms with E-state index in [1.807, 2.05) is 16.8 Å². The largest absolute Gasteiger partial charge is 0.328 e. The van der Waals surface area contributed by atoms with Crippen molar-refractivity contribution in [2.45, 2.75) is 6.54 Å². The molecule has 2 aromatic rings. The van der Waals surface area contributed by atoms with Gasteiger partial charge in [0.15, 0.2) is 0 Å². The van der Waals surface area contributed by atoms with Crippen LogP contribution in [0.2, 0.25) is 5.02 Å². The lowest BCUT2D eigenvalue weighted by atomic mass is 10.3. The van der Waals surface area contributed by atoms with E-state index in [1.54, 1.807) is 11.3 Å². The predicted octanol–water partition coefficient (Wildman–Crippen LogP) is 1.30. The Morgan fingerprint density at radius 1 is 1.47 bits per heavy atom. The lowest BCUT2D eigenvalue weighted by molar-refractivity contribution is 0.722. The Morgan fingerprint density at radius 2 is 2.27 bits per heavy atom. The van der Waals surface area contributed by atoms with E-state index in [4.69, 9.17) is 11.6 Å². The molecular formula is C9H7ClN2O2S. The molecular weight excluding hydrogens is 236 g/mol. The van der Waals surface area contributed by atoms with Gasteiger partial charge in [-0.1, -0.05) is 11.6 Å². The number of rotatable bonds is 2. The van der Waals surface area contributed by atoms with Crippen molar-refractivity contribution in [3.05, 3.63) is 54.4 Å². The van der Waals surface area contributed by atoms with Gasteiger partial charge in [-0.3, -0.25) is 14.3 Å². The van der Waals surface area contributed by atoms with Crippen LogP contribution in [0.25, 0.3) is 0 Å². The first-order chi connectivity index (χ1) is 7.16. The molecule has 6 heteroatoms. The highest BCUT2D eigenvalue weighted by molar-refractivity contribution is 7.07. The number of H-pyrrole nitrogens is 1. The summed E-state index contributed by atoms with van der Waals surface area (Å²) in [5.74, 6) is 0. The van der Waals surface area contributed by atoms with Crippen LogP contribution >= 0.6 is 22.9 Å². The van der Waals surface area contributed by atoms with E-state index in [2.05, 4.69) is 4.98 Å². The highest BCUT2D eigenvalue weighted by atomic mass is 35.5. The summed E-state index contributed by atoms with van der Waals surface area (Å²) in [6.07, 6.45) is 1.35. The van der Waals surface area contributed by atoms with Crippen LogP contribution in [0.1, 0.15) is 5.56 Å². The number of hydrogen-bond donors (Lipinski definition) is 1. The Morgan fingerprint density at radius 3 is 2.93 bits per heavy atom. The van der Waals surface area contributed by atoms with Crippen LogP contribution in [0.5, 0.6) is 0 Å². The first-order valence-corrected chi connectivity index (χ1v) is 5.49. The average Bonchev–Trinajstić information content (AvgIpc) is 2.67. The van der Waals surface area contributed by atoms with E-state index in [0.29, 0.717) is 6.54 Å². The summed E-state index contributed by atoms with van der Waals surface area (Å²) in [5, 5.41) is 3.88. The van der Waals surface area contributed by atoms with Crippen LogP contribution in [0.15, 0.2) is 32.6 Å². The first-order valence-electron chi connectivity index (χ1n) is 4.17.